The number of likely N-dealkylation sites (tertiary alicyclic amines) is 1. The van der Waals surface area contributed by atoms with Gasteiger partial charge in [-0.15, -0.1) is 0 Å². The molecule has 0 bridgehead atoms. The van der Waals surface area contributed by atoms with E-state index in [1.165, 1.54) is 5.56 Å². The molecule has 1 aromatic carbocycles. The van der Waals surface area contributed by atoms with Gasteiger partial charge in [-0.05, 0) is 24.7 Å². The Morgan fingerprint density at radius 1 is 1.27 bits per heavy atom. The number of rotatable bonds is 2. The molecule has 1 heterocycles. The van der Waals surface area contributed by atoms with Gasteiger partial charge in [-0.2, -0.15) is 0 Å². The Balaban J connectivity index is 2.15. The lowest BCUT2D eigenvalue weighted by Gasteiger charge is -2.14. The molecule has 3 heteroatoms. The van der Waals surface area contributed by atoms with E-state index in [0.29, 0.717) is 5.92 Å². The Hall–Kier alpha value is -1.06. The van der Waals surface area contributed by atoms with E-state index in [4.69, 9.17) is 10.5 Å². The molecule has 0 unspecified atom stereocenters. The summed E-state index contributed by atoms with van der Waals surface area (Å²) in [6.45, 7) is 2.03. The number of hydrogen-bond donors (Lipinski definition) is 1. The average molecular weight is 206 g/mol. The maximum absolute atomic E-state index is 6.10. The molecule has 0 aromatic heterocycles. The summed E-state index contributed by atoms with van der Waals surface area (Å²) in [7, 11) is 3.80. The Morgan fingerprint density at radius 3 is 2.40 bits per heavy atom. The summed E-state index contributed by atoms with van der Waals surface area (Å²) >= 11 is 0. The van der Waals surface area contributed by atoms with Crippen molar-refractivity contribution in [1.29, 1.82) is 0 Å². The molecule has 0 amide bonds. The van der Waals surface area contributed by atoms with Gasteiger partial charge in [0.15, 0.2) is 0 Å². The number of hydrogen-bond acceptors (Lipinski definition) is 3. The molecule has 1 aliphatic rings. The van der Waals surface area contributed by atoms with Crippen molar-refractivity contribution in [2.24, 2.45) is 5.73 Å². The molecule has 0 radical (unpaired) electrons. The first-order valence-electron chi connectivity index (χ1n) is 5.29. The largest absolute Gasteiger partial charge is 0.497 e. The van der Waals surface area contributed by atoms with Gasteiger partial charge in [-0.3, -0.25) is 0 Å². The SMILES string of the molecule is COc1ccc([C@H]2CN(C)C[C@H]2N)cc1. The van der Waals surface area contributed by atoms with E-state index in [2.05, 4.69) is 24.1 Å². The van der Waals surface area contributed by atoms with Crippen LogP contribution in [0.4, 0.5) is 0 Å². The zero-order chi connectivity index (χ0) is 10.8. The Bertz CT molecular complexity index is 323. The van der Waals surface area contributed by atoms with Gasteiger partial charge >= 0.3 is 0 Å². The summed E-state index contributed by atoms with van der Waals surface area (Å²) in [6.07, 6.45) is 0. The van der Waals surface area contributed by atoms with E-state index in [1.807, 2.05) is 12.1 Å². The summed E-state index contributed by atoms with van der Waals surface area (Å²) in [4.78, 5) is 2.28. The number of ether oxygens (including phenoxy) is 1. The monoisotopic (exact) mass is 206 g/mol. The van der Waals surface area contributed by atoms with Crippen LogP contribution in [0.1, 0.15) is 11.5 Å². The lowest BCUT2D eigenvalue weighted by atomic mass is 9.95. The Morgan fingerprint density at radius 2 is 1.93 bits per heavy atom. The van der Waals surface area contributed by atoms with Gasteiger partial charge < -0.3 is 15.4 Å². The van der Waals surface area contributed by atoms with Crippen molar-refractivity contribution in [2.45, 2.75) is 12.0 Å². The first-order chi connectivity index (χ1) is 7.20. The summed E-state index contributed by atoms with van der Waals surface area (Å²) in [5, 5.41) is 0. The number of nitrogens with two attached hydrogens (primary N) is 1. The van der Waals surface area contributed by atoms with Crippen molar-refractivity contribution in [2.75, 3.05) is 27.2 Å². The summed E-state index contributed by atoms with van der Waals surface area (Å²) in [6, 6.07) is 8.48. The molecule has 82 valence electrons. The Kier molecular flexibility index (Phi) is 2.93. The zero-order valence-electron chi connectivity index (χ0n) is 9.31. The van der Waals surface area contributed by atoms with Gasteiger partial charge in [-0.1, -0.05) is 12.1 Å². The van der Waals surface area contributed by atoms with Gasteiger partial charge in [0.25, 0.3) is 0 Å². The van der Waals surface area contributed by atoms with Crippen molar-refractivity contribution in [1.82, 2.24) is 4.90 Å². The molecule has 1 aliphatic heterocycles. The standard InChI is InChI=1S/C12H18N2O/c1-14-7-11(12(13)8-14)9-3-5-10(15-2)6-4-9/h3-6,11-12H,7-8,13H2,1-2H3/t11-,12-/m1/s1. The minimum absolute atomic E-state index is 0.253. The van der Waals surface area contributed by atoms with Crippen LogP contribution >= 0.6 is 0 Å². The minimum atomic E-state index is 0.253. The van der Waals surface area contributed by atoms with Crippen LogP contribution in [-0.2, 0) is 0 Å². The molecular weight excluding hydrogens is 188 g/mol. The summed E-state index contributed by atoms with van der Waals surface area (Å²) < 4.78 is 5.14. The summed E-state index contributed by atoms with van der Waals surface area (Å²) in [5.41, 5.74) is 7.41. The third kappa shape index (κ3) is 2.13. The van der Waals surface area contributed by atoms with Crippen molar-refractivity contribution >= 4 is 0 Å². The van der Waals surface area contributed by atoms with E-state index in [0.717, 1.165) is 18.8 Å². The lowest BCUT2D eigenvalue weighted by Crippen LogP contribution is -2.27. The first-order valence-corrected chi connectivity index (χ1v) is 5.29. The fraction of sp³-hybridized carbons (Fsp3) is 0.500. The van der Waals surface area contributed by atoms with Gasteiger partial charge in [0.2, 0.25) is 0 Å². The number of methoxy groups -OCH3 is 1. The molecule has 1 aromatic rings. The van der Waals surface area contributed by atoms with Gasteiger partial charge in [0.05, 0.1) is 7.11 Å². The molecule has 0 spiro atoms. The molecule has 2 rings (SSSR count). The predicted molar refractivity (Wildman–Crippen MR) is 61.2 cm³/mol. The first kappa shape index (κ1) is 10.5. The zero-order valence-corrected chi connectivity index (χ0v) is 9.31. The van der Waals surface area contributed by atoms with Crippen LogP contribution in [0.15, 0.2) is 24.3 Å². The van der Waals surface area contributed by atoms with E-state index in [1.54, 1.807) is 7.11 Å². The maximum Gasteiger partial charge on any atom is 0.118 e. The summed E-state index contributed by atoms with van der Waals surface area (Å²) in [5.74, 6) is 1.36. The van der Waals surface area contributed by atoms with Crippen LogP contribution in [0.5, 0.6) is 5.75 Å². The smallest absolute Gasteiger partial charge is 0.118 e. The van der Waals surface area contributed by atoms with Crippen LogP contribution < -0.4 is 10.5 Å². The molecule has 0 aliphatic carbocycles. The predicted octanol–water partition coefficient (Wildman–Crippen LogP) is 1.05. The molecule has 1 saturated heterocycles. The number of benzene rings is 1. The maximum atomic E-state index is 6.10. The fourth-order valence-corrected chi connectivity index (χ4v) is 2.24. The van der Waals surface area contributed by atoms with Crippen LogP contribution in [0.2, 0.25) is 0 Å². The molecule has 3 nitrogen and oxygen atoms in total. The highest BCUT2D eigenvalue weighted by atomic mass is 16.5. The second-order valence-electron chi connectivity index (χ2n) is 4.26. The second kappa shape index (κ2) is 4.21. The Labute approximate surface area is 90.8 Å². The molecule has 1 fully saturated rings. The molecule has 0 saturated carbocycles. The topological polar surface area (TPSA) is 38.5 Å². The minimum Gasteiger partial charge on any atom is -0.497 e. The highest BCUT2D eigenvalue weighted by Crippen LogP contribution is 2.26. The van der Waals surface area contributed by atoms with Gasteiger partial charge in [0.1, 0.15) is 5.75 Å². The molecule has 2 atom stereocenters. The van der Waals surface area contributed by atoms with Crippen molar-refractivity contribution in [3.63, 3.8) is 0 Å². The quantitative estimate of drug-likeness (QED) is 0.786. The van der Waals surface area contributed by atoms with Crippen molar-refractivity contribution in [3.05, 3.63) is 29.8 Å². The van der Waals surface area contributed by atoms with Crippen molar-refractivity contribution in [3.8, 4) is 5.75 Å². The van der Waals surface area contributed by atoms with Crippen LogP contribution in [0.3, 0.4) is 0 Å². The second-order valence-corrected chi connectivity index (χ2v) is 4.26. The van der Waals surface area contributed by atoms with Crippen molar-refractivity contribution < 1.29 is 4.74 Å². The highest BCUT2D eigenvalue weighted by Gasteiger charge is 2.28. The lowest BCUT2D eigenvalue weighted by molar-refractivity contribution is 0.407. The number of nitrogens with zero attached hydrogens (tertiary/aromatic N) is 1. The molecular formula is C12H18N2O. The third-order valence-corrected chi connectivity index (χ3v) is 3.09. The number of likely N-dealkylation sites (N-methyl/N-ethyl adjacent to an activating group) is 1. The van der Waals surface area contributed by atoms with E-state index in [9.17, 15) is 0 Å². The van der Waals surface area contributed by atoms with Gasteiger partial charge in [0, 0.05) is 25.0 Å². The van der Waals surface area contributed by atoms with E-state index in [-0.39, 0.29) is 6.04 Å². The highest BCUT2D eigenvalue weighted by molar-refractivity contribution is 5.31. The normalized spacial score (nSPS) is 26.9. The average Bonchev–Trinajstić information content (AvgIpc) is 2.58. The van der Waals surface area contributed by atoms with Crippen LogP contribution in [-0.4, -0.2) is 38.2 Å². The van der Waals surface area contributed by atoms with E-state index < -0.39 is 0 Å². The van der Waals surface area contributed by atoms with Gasteiger partial charge in [-0.25, -0.2) is 0 Å². The van der Waals surface area contributed by atoms with E-state index >= 15 is 0 Å². The molecule has 15 heavy (non-hydrogen) atoms. The van der Waals surface area contributed by atoms with Crippen LogP contribution in [0, 0.1) is 0 Å². The van der Waals surface area contributed by atoms with Crippen LogP contribution in [0.25, 0.3) is 0 Å². The fourth-order valence-electron chi connectivity index (χ4n) is 2.24. The third-order valence-electron chi connectivity index (χ3n) is 3.09. The molecule has 2 N–H and O–H groups in total.